The number of anilines is 1. The molecule has 2 rings (SSSR count). The van der Waals surface area contributed by atoms with Gasteiger partial charge in [-0.05, 0) is 36.4 Å². The van der Waals surface area contributed by atoms with Crippen molar-refractivity contribution in [3.05, 3.63) is 54.1 Å². The summed E-state index contributed by atoms with van der Waals surface area (Å²) in [7, 11) is -3.62. The number of sulfonamides is 1. The third kappa shape index (κ3) is 5.09. The molecule has 0 aliphatic carbocycles. The predicted molar refractivity (Wildman–Crippen MR) is 97.9 cm³/mol. The number of rotatable bonds is 7. The lowest BCUT2D eigenvalue weighted by atomic mass is 10.2. The summed E-state index contributed by atoms with van der Waals surface area (Å²) in [4.78, 5) is 12.2. The van der Waals surface area contributed by atoms with E-state index < -0.39 is 10.0 Å². The standard InChI is InChI=1S/C17H20N2O3S2/c1-13(20)19-16-12-15(8-9-17(16)23-2)24(21,22)18-11-10-14-6-4-3-5-7-14/h3-9,12,18H,10-11H2,1-2H3,(H,19,20). The Kier molecular flexibility index (Phi) is 6.42. The van der Waals surface area contributed by atoms with Crippen LogP contribution < -0.4 is 10.0 Å². The highest BCUT2D eigenvalue weighted by Gasteiger charge is 2.16. The van der Waals surface area contributed by atoms with Crippen molar-refractivity contribution in [1.82, 2.24) is 4.72 Å². The number of nitrogens with one attached hydrogen (secondary N) is 2. The summed E-state index contributed by atoms with van der Waals surface area (Å²) in [5.41, 5.74) is 1.57. The van der Waals surface area contributed by atoms with Crippen molar-refractivity contribution in [2.45, 2.75) is 23.1 Å². The van der Waals surface area contributed by atoms with Gasteiger partial charge < -0.3 is 5.32 Å². The Bertz CT molecular complexity index is 806. The van der Waals surface area contributed by atoms with Crippen LogP contribution in [0.15, 0.2) is 58.3 Å². The topological polar surface area (TPSA) is 75.3 Å². The van der Waals surface area contributed by atoms with E-state index >= 15 is 0 Å². The minimum absolute atomic E-state index is 0.136. The first-order valence-electron chi connectivity index (χ1n) is 7.41. The zero-order valence-electron chi connectivity index (χ0n) is 13.6. The Morgan fingerprint density at radius 3 is 2.46 bits per heavy atom. The van der Waals surface area contributed by atoms with E-state index in [-0.39, 0.29) is 10.8 Å². The highest BCUT2D eigenvalue weighted by Crippen LogP contribution is 2.28. The fourth-order valence-corrected chi connectivity index (χ4v) is 3.79. The third-order valence-electron chi connectivity index (χ3n) is 3.34. The van der Waals surface area contributed by atoms with E-state index in [4.69, 9.17) is 0 Å². The second-order valence-corrected chi connectivity index (χ2v) is 7.79. The molecular formula is C17H20N2O3S2. The van der Waals surface area contributed by atoms with E-state index in [0.29, 0.717) is 18.7 Å². The van der Waals surface area contributed by atoms with E-state index in [1.54, 1.807) is 12.1 Å². The van der Waals surface area contributed by atoms with Crippen LogP contribution in [0.2, 0.25) is 0 Å². The SMILES string of the molecule is CSc1ccc(S(=O)(=O)NCCc2ccccc2)cc1NC(C)=O. The maximum Gasteiger partial charge on any atom is 0.240 e. The van der Waals surface area contributed by atoms with Crippen molar-refractivity contribution in [3.8, 4) is 0 Å². The second kappa shape index (κ2) is 8.32. The Labute approximate surface area is 146 Å². The third-order valence-corrected chi connectivity index (χ3v) is 5.60. The van der Waals surface area contributed by atoms with Crippen molar-refractivity contribution in [2.24, 2.45) is 0 Å². The molecule has 128 valence electrons. The van der Waals surface area contributed by atoms with Crippen molar-refractivity contribution in [1.29, 1.82) is 0 Å². The molecule has 0 aromatic heterocycles. The summed E-state index contributed by atoms with van der Waals surface area (Å²) < 4.78 is 27.5. The van der Waals surface area contributed by atoms with Crippen LogP contribution in [0.1, 0.15) is 12.5 Å². The van der Waals surface area contributed by atoms with E-state index in [1.165, 1.54) is 24.8 Å². The van der Waals surface area contributed by atoms with Gasteiger partial charge in [0.15, 0.2) is 0 Å². The molecule has 0 radical (unpaired) electrons. The summed E-state index contributed by atoms with van der Waals surface area (Å²) in [6.45, 7) is 1.70. The highest BCUT2D eigenvalue weighted by molar-refractivity contribution is 7.98. The van der Waals surface area contributed by atoms with Crippen molar-refractivity contribution >= 4 is 33.4 Å². The molecule has 0 bridgehead atoms. The first kappa shape index (κ1) is 18.5. The number of carbonyl (C=O) groups is 1. The predicted octanol–water partition coefficient (Wildman–Crippen LogP) is 2.89. The molecule has 0 aliphatic heterocycles. The normalized spacial score (nSPS) is 11.2. The zero-order valence-corrected chi connectivity index (χ0v) is 15.2. The summed E-state index contributed by atoms with van der Waals surface area (Å²) in [5.74, 6) is -0.239. The Morgan fingerprint density at radius 1 is 1.12 bits per heavy atom. The molecule has 2 aromatic carbocycles. The lowest BCUT2D eigenvalue weighted by Crippen LogP contribution is -2.26. The van der Waals surface area contributed by atoms with Gasteiger partial charge in [-0.2, -0.15) is 0 Å². The number of benzene rings is 2. The van der Waals surface area contributed by atoms with Crippen LogP contribution in [0, 0.1) is 0 Å². The van der Waals surface area contributed by atoms with E-state index in [9.17, 15) is 13.2 Å². The van der Waals surface area contributed by atoms with E-state index in [1.807, 2.05) is 36.6 Å². The minimum atomic E-state index is -3.62. The number of carbonyl (C=O) groups excluding carboxylic acids is 1. The maximum atomic E-state index is 12.4. The van der Waals surface area contributed by atoms with Crippen LogP contribution in [-0.2, 0) is 21.2 Å². The monoisotopic (exact) mass is 364 g/mol. The second-order valence-electron chi connectivity index (χ2n) is 5.18. The van der Waals surface area contributed by atoms with Crippen molar-refractivity contribution < 1.29 is 13.2 Å². The van der Waals surface area contributed by atoms with Gasteiger partial charge >= 0.3 is 0 Å². The van der Waals surface area contributed by atoms with Gasteiger partial charge in [-0.25, -0.2) is 13.1 Å². The quantitative estimate of drug-likeness (QED) is 0.741. The van der Waals surface area contributed by atoms with Gasteiger partial charge in [0.25, 0.3) is 0 Å². The van der Waals surface area contributed by atoms with Crippen LogP contribution in [0.5, 0.6) is 0 Å². The summed E-state index contributed by atoms with van der Waals surface area (Å²) in [6.07, 6.45) is 2.48. The van der Waals surface area contributed by atoms with Crippen LogP contribution in [0.3, 0.4) is 0 Å². The molecule has 0 aliphatic rings. The molecule has 0 spiro atoms. The van der Waals surface area contributed by atoms with Crippen LogP contribution in [0.4, 0.5) is 5.69 Å². The Balaban J connectivity index is 2.12. The average molecular weight is 364 g/mol. The van der Waals surface area contributed by atoms with Gasteiger partial charge in [0, 0.05) is 18.4 Å². The fourth-order valence-electron chi connectivity index (χ4n) is 2.20. The Morgan fingerprint density at radius 2 is 1.83 bits per heavy atom. The van der Waals surface area contributed by atoms with E-state index in [0.717, 1.165) is 10.5 Å². The summed E-state index contributed by atoms with van der Waals surface area (Å²) in [5, 5.41) is 2.67. The van der Waals surface area contributed by atoms with Crippen LogP contribution >= 0.6 is 11.8 Å². The maximum absolute atomic E-state index is 12.4. The van der Waals surface area contributed by atoms with Gasteiger partial charge in [0.05, 0.1) is 10.6 Å². The molecule has 0 fully saturated rings. The van der Waals surface area contributed by atoms with Crippen molar-refractivity contribution in [2.75, 3.05) is 18.1 Å². The molecule has 2 N–H and O–H groups in total. The fraction of sp³-hybridized carbons (Fsp3) is 0.235. The molecule has 5 nitrogen and oxygen atoms in total. The number of hydrogen-bond donors (Lipinski definition) is 2. The van der Waals surface area contributed by atoms with Crippen molar-refractivity contribution in [3.63, 3.8) is 0 Å². The molecule has 24 heavy (non-hydrogen) atoms. The molecule has 0 unspecified atom stereocenters. The van der Waals surface area contributed by atoms with Gasteiger partial charge in [-0.15, -0.1) is 11.8 Å². The molecule has 7 heteroatoms. The first-order chi connectivity index (χ1) is 11.4. The smallest absolute Gasteiger partial charge is 0.240 e. The molecule has 0 atom stereocenters. The summed E-state index contributed by atoms with van der Waals surface area (Å²) in [6, 6.07) is 14.4. The number of amides is 1. The minimum Gasteiger partial charge on any atom is -0.325 e. The molecule has 2 aromatic rings. The molecule has 0 saturated carbocycles. The first-order valence-corrected chi connectivity index (χ1v) is 10.1. The molecule has 1 amide bonds. The number of hydrogen-bond acceptors (Lipinski definition) is 4. The van der Waals surface area contributed by atoms with Crippen LogP contribution in [-0.4, -0.2) is 27.1 Å². The Hall–Kier alpha value is -1.83. The molecule has 0 heterocycles. The highest BCUT2D eigenvalue weighted by atomic mass is 32.2. The molecular weight excluding hydrogens is 344 g/mol. The van der Waals surface area contributed by atoms with Gasteiger partial charge in [-0.1, -0.05) is 30.3 Å². The van der Waals surface area contributed by atoms with E-state index in [2.05, 4.69) is 10.0 Å². The molecule has 0 saturated heterocycles. The van der Waals surface area contributed by atoms with Gasteiger partial charge in [0.1, 0.15) is 0 Å². The average Bonchev–Trinajstić information content (AvgIpc) is 2.55. The van der Waals surface area contributed by atoms with Crippen LogP contribution in [0.25, 0.3) is 0 Å². The lowest BCUT2D eigenvalue weighted by Gasteiger charge is -2.12. The lowest BCUT2D eigenvalue weighted by molar-refractivity contribution is -0.114. The van der Waals surface area contributed by atoms with Gasteiger partial charge in [-0.3, -0.25) is 4.79 Å². The van der Waals surface area contributed by atoms with Gasteiger partial charge in [0.2, 0.25) is 15.9 Å². The number of thioether (sulfide) groups is 1. The summed E-state index contributed by atoms with van der Waals surface area (Å²) >= 11 is 1.44. The largest absolute Gasteiger partial charge is 0.325 e. The zero-order chi connectivity index (χ0) is 17.6.